The lowest BCUT2D eigenvalue weighted by Crippen LogP contribution is -2.53. The van der Waals surface area contributed by atoms with Gasteiger partial charge in [-0.15, -0.1) is 0 Å². The smallest absolute Gasteiger partial charge is 0.254 e. The Morgan fingerprint density at radius 2 is 1.78 bits per heavy atom. The summed E-state index contributed by atoms with van der Waals surface area (Å²) in [5.41, 5.74) is 6.32. The van der Waals surface area contributed by atoms with Gasteiger partial charge in [-0.3, -0.25) is 14.4 Å². The Morgan fingerprint density at radius 1 is 1.15 bits per heavy atom. The van der Waals surface area contributed by atoms with Crippen LogP contribution < -0.4 is 15.8 Å². The van der Waals surface area contributed by atoms with Crippen LogP contribution >= 0.6 is 0 Å². The fraction of sp³-hybridized carbons (Fsp3) is 0.526. The van der Waals surface area contributed by atoms with Gasteiger partial charge in [-0.05, 0) is 24.1 Å². The van der Waals surface area contributed by atoms with Crippen LogP contribution in [-0.2, 0) is 9.59 Å². The van der Waals surface area contributed by atoms with Crippen molar-refractivity contribution in [3.63, 3.8) is 0 Å². The Hall–Kier alpha value is -2.61. The van der Waals surface area contributed by atoms with Gasteiger partial charge in [-0.1, -0.05) is 19.9 Å². The molecule has 0 spiro atoms. The highest BCUT2D eigenvalue weighted by Gasteiger charge is 2.26. The molecule has 148 valence electrons. The van der Waals surface area contributed by atoms with E-state index in [-0.39, 0.29) is 30.2 Å². The third-order valence-corrected chi connectivity index (χ3v) is 4.67. The molecule has 1 heterocycles. The first-order chi connectivity index (χ1) is 12.8. The van der Waals surface area contributed by atoms with E-state index in [9.17, 15) is 14.4 Å². The summed E-state index contributed by atoms with van der Waals surface area (Å²) < 4.78 is 5.15. The first kappa shape index (κ1) is 20.7. The zero-order chi connectivity index (χ0) is 20.0. The Kier molecular flexibility index (Phi) is 7.18. The molecule has 1 aliphatic rings. The van der Waals surface area contributed by atoms with Crippen molar-refractivity contribution in [3.8, 4) is 5.75 Å². The second kappa shape index (κ2) is 9.36. The lowest BCUT2D eigenvalue weighted by atomic mass is 10.1. The number of carbonyl (C=O) groups excluding carboxylic acids is 3. The van der Waals surface area contributed by atoms with Crippen molar-refractivity contribution in [1.29, 1.82) is 0 Å². The molecule has 1 aliphatic heterocycles. The number of rotatable bonds is 6. The lowest BCUT2D eigenvalue weighted by molar-refractivity contribution is -0.134. The Bertz CT molecular complexity index is 684. The largest absolute Gasteiger partial charge is 0.497 e. The minimum Gasteiger partial charge on any atom is -0.497 e. The van der Waals surface area contributed by atoms with Crippen molar-refractivity contribution >= 4 is 17.7 Å². The Labute approximate surface area is 159 Å². The minimum absolute atomic E-state index is 0.00581. The van der Waals surface area contributed by atoms with Crippen LogP contribution in [0.3, 0.4) is 0 Å². The zero-order valence-corrected chi connectivity index (χ0v) is 16.1. The fourth-order valence-corrected chi connectivity index (χ4v) is 2.79. The molecule has 1 aromatic carbocycles. The van der Waals surface area contributed by atoms with Crippen molar-refractivity contribution in [3.05, 3.63) is 29.8 Å². The van der Waals surface area contributed by atoms with Crippen LogP contribution in [0, 0.1) is 5.92 Å². The van der Waals surface area contributed by atoms with E-state index < -0.39 is 6.04 Å². The number of nitrogens with one attached hydrogen (secondary N) is 1. The summed E-state index contributed by atoms with van der Waals surface area (Å²) in [5.74, 6) is 0.0477. The lowest BCUT2D eigenvalue weighted by Gasteiger charge is -2.35. The molecular weight excluding hydrogens is 348 g/mol. The van der Waals surface area contributed by atoms with Crippen molar-refractivity contribution in [2.75, 3.05) is 39.8 Å². The van der Waals surface area contributed by atoms with Gasteiger partial charge in [0, 0.05) is 31.7 Å². The molecule has 27 heavy (non-hydrogen) atoms. The molecule has 3 N–H and O–H groups in total. The molecule has 3 amide bonds. The molecule has 0 saturated carbocycles. The number of ether oxygens (including phenoxy) is 1. The number of nitrogens with two attached hydrogens (primary N) is 1. The van der Waals surface area contributed by atoms with Crippen LogP contribution in [0.4, 0.5) is 0 Å². The van der Waals surface area contributed by atoms with Crippen molar-refractivity contribution in [1.82, 2.24) is 15.1 Å². The van der Waals surface area contributed by atoms with Crippen molar-refractivity contribution in [2.24, 2.45) is 11.7 Å². The Morgan fingerprint density at radius 3 is 2.37 bits per heavy atom. The quantitative estimate of drug-likeness (QED) is 0.732. The molecular formula is C19H28N4O4. The maximum atomic E-state index is 12.6. The molecule has 1 atom stereocenters. The van der Waals surface area contributed by atoms with Gasteiger partial charge in [0.15, 0.2) is 0 Å². The predicted octanol–water partition coefficient (Wildman–Crippen LogP) is 0.0791. The van der Waals surface area contributed by atoms with E-state index in [1.54, 1.807) is 41.2 Å². The molecule has 8 heteroatoms. The second-order valence-electron chi connectivity index (χ2n) is 6.89. The van der Waals surface area contributed by atoms with Crippen LogP contribution in [0.1, 0.15) is 24.2 Å². The summed E-state index contributed by atoms with van der Waals surface area (Å²) in [6.45, 7) is 5.38. The summed E-state index contributed by atoms with van der Waals surface area (Å²) in [4.78, 5) is 40.1. The molecule has 0 bridgehead atoms. The molecule has 0 unspecified atom stereocenters. The van der Waals surface area contributed by atoms with E-state index >= 15 is 0 Å². The van der Waals surface area contributed by atoms with Gasteiger partial charge in [-0.25, -0.2) is 0 Å². The highest BCUT2D eigenvalue weighted by molar-refractivity contribution is 5.95. The van der Waals surface area contributed by atoms with Gasteiger partial charge in [0.2, 0.25) is 11.8 Å². The second-order valence-corrected chi connectivity index (χ2v) is 6.89. The highest BCUT2D eigenvalue weighted by Crippen LogP contribution is 2.15. The number of benzene rings is 1. The van der Waals surface area contributed by atoms with E-state index in [0.717, 1.165) is 0 Å². The topological polar surface area (TPSA) is 105 Å². The molecule has 2 rings (SSSR count). The molecule has 1 aromatic rings. The van der Waals surface area contributed by atoms with Gasteiger partial charge in [0.25, 0.3) is 5.91 Å². The summed E-state index contributed by atoms with van der Waals surface area (Å²) in [6, 6.07) is 6.38. The molecule has 8 nitrogen and oxygen atoms in total. The number of hydrogen-bond acceptors (Lipinski definition) is 5. The summed E-state index contributed by atoms with van der Waals surface area (Å²) in [6.07, 6.45) is 0. The van der Waals surface area contributed by atoms with Gasteiger partial charge in [0.05, 0.1) is 19.7 Å². The molecule has 0 aromatic heterocycles. The molecule has 0 aliphatic carbocycles. The van der Waals surface area contributed by atoms with E-state index in [4.69, 9.17) is 10.5 Å². The number of piperazine rings is 1. The average molecular weight is 376 g/mol. The fourth-order valence-electron chi connectivity index (χ4n) is 2.79. The van der Waals surface area contributed by atoms with Crippen LogP contribution in [0.2, 0.25) is 0 Å². The van der Waals surface area contributed by atoms with Crippen LogP contribution in [0.15, 0.2) is 24.3 Å². The maximum absolute atomic E-state index is 12.6. The van der Waals surface area contributed by atoms with E-state index in [0.29, 0.717) is 37.5 Å². The van der Waals surface area contributed by atoms with E-state index in [2.05, 4.69) is 5.32 Å². The average Bonchev–Trinajstić information content (AvgIpc) is 2.70. The highest BCUT2D eigenvalue weighted by atomic mass is 16.5. The van der Waals surface area contributed by atoms with Crippen LogP contribution in [0.5, 0.6) is 5.75 Å². The SMILES string of the molecule is COc1cccc(C(=O)N2CCN(C(=O)CNC(=O)[C@@H](N)C(C)C)CC2)c1. The summed E-state index contributed by atoms with van der Waals surface area (Å²) >= 11 is 0. The Balaban J connectivity index is 1.83. The predicted molar refractivity (Wildman–Crippen MR) is 101 cm³/mol. The van der Waals surface area contributed by atoms with E-state index in [1.165, 1.54) is 0 Å². The molecule has 0 radical (unpaired) electrons. The molecule has 1 fully saturated rings. The third kappa shape index (κ3) is 5.43. The van der Waals surface area contributed by atoms with E-state index in [1.807, 2.05) is 13.8 Å². The van der Waals surface area contributed by atoms with Gasteiger partial charge >= 0.3 is 0 Å². The standard InChI is InChI=1S/C19H28N4O4/c1-13(2)17(20)18(25)21-12-16(24)22-7-9-23(10-8-22)19(26)14-5-4-6-15(11-14)27-3/h4-6,11,13,17H,7-10,12,20H2,1-3H3,(H,21,25)/t17-/m0/s1. The van der Waals surface area contributed by atoms with Gasteiger partial charge in [0.1, 0.15) is 5.75 Å². The normalized spacial score (nSPS) is 15.4. The van der Waals surface area contributed by atoms with Crippen LogP contribution in [0.25, 0.3) is 0 Å². The van der Waals surface area contributed by atoms with Crippen molar-refractivity contribution < 1.29 is 19.1 Å². The number of hydrogen-bond donors (Lipinski definition) is 2. The monoisotopic (exact) mass is 376 g/mol. The summed E-state index contributed by atoms with van der Waals surface area (Å²) in [5, 5.41) is 2.58. The zero-order valence-electron chi connectivity index (χ0n) is 16.1. The maximum Gasteiger partial charge on any atom is 0.254 e. The first-order valence-corrected chi connectivity index (χ1v) is 9.08. The molecule has 1 saturated heterocycles. The third-order valence-electron chi connectivity index (χ3n) is 4.67. The minimum atomic E-state index is -0.630. The summed E-state index contributed by atoms with van der Waals surface area (Å²) in [7, 11) is 1.56. The number of carbonyl (C=O) groups is 3. The number of methoxy groups -OCH3 is 1. The number of nitrogens with zero attached hydrogens (tertiary/aromatic N) is 2. The van der Waals surface area contributed by atoms with Gasteiger partial charge in [-0.2, -0.15) is 0 Å². The van der Waals surface area contributed by atoms with Crippen molar-refractivity contribution in [2.45, 2.75) is 19.9 Å². The van der Waals surface area contributed by atoms with Gasteiger partial charge < -0.3 is 25.6 Å². The first-order valence-electron chi connectivity index (χ1n) is 9.08. The van der Waals surface area contributed by atoms with Crippen LogP contribution in [-0.4, -0.2) is 73.4 Å². The number of amides is 3.